The van der Waals surface area contributed by atoms with E-state index in [1.54, 1.807) is 19.1 Å². The van der Waals surface area contributed by atoms with Crippen molar-refractivity contribution in [2.45, 2.75) is 13.3 Å². The van der Waals surface area contributed by atoms with E-state index < -0.39 is 0 Å². The fourth-order valence-electron chi connectivity index (χ4n) is 2.42. The van der Waals surface area contributed by atoms with E-state index in [-0.39, 0.29) is 5.91 Å². The number of rotatable bonds is 4. The molecule has 0 aliphatic carbocycles. The summed E-state index contributed by atoms with van der Waals surface area (Å²) in [6, 6.07) is 15.7. The fourth-order valence-corrected chi connectivity index (χ4v) is 3.41. The zero-order valence-electron chi connectivity index (χ0n) is 14.5. The van der Waals surface area contributed by atoms with Gasteiger partial charge in [-0.1, -0.05) is 31.2 Å². The third kappa shape index (κ3) is 3.94. The normalized spacial score (nSPS) is 17.6. The van der Waals surface area contributed by atoms with Crippen LogP contribution in [-0.2, 0) is 11.2 Å². The standard InChI is InChI=1S/C20H20N2O2S/c1-4-14-5-9-16(10-6-14)21-20-22(2)19(23)18(25-20)13-15-7-11-17(24-3)12-8-15/h5-13H,4H2,1-3H3/b18-13+,21-20?. The maximum atomic E-state index is 12.5. The van der Waals surface area contributed by atoms with Crippen LogP contribution in [0.4, 0.5) is 5.69 Å². The number of hydrogen-bond donors (Lipinski definition) is 0. The Bertz CT molecular complexity index is 824. The van der Waals surface area contributed by atoms with Crippen LogP contribution < -0.4 is 4.74 Å². The summed E-state index contributed by atoms with van der Waals surface area (Å²) in [4.78, 5) is 19.3. The molecule has 2 aromatic carbocycles. The summed E-state index contributed by atoms with van der Waals surface area (Å²) in [5.74, 6) is 0.757. The minimum Gasteiger partial charge on any atom is -0.497 e. The first-order chi connectivity index (χ1) is 12.1. The van der Waals surface area contributed by atoms with E-state index in [2.05, 4.69) is 24.0 Å². The van der Waals surface area contributed by atoms with Crippen LogP contribution in [0.2, 0.25) is 0 Å². The van der Waals surface area contributed by atoms with Crippen LogP contribution in [0.3, 0.4) is 0 Å². The molecule has 0 N–H and O–H groups in total. The van der Waals surface area contributed by atoms with Crippen LogP contribution in [0.15, 0.2) is 58.4 Å². The molecule has 0 unspecified atom stereocenters. The second-order valence-corrected chi connectivity index (χ2v) is 6.67. The lowest BCUT2D eigenvalue weighted by Gasteiger charge is -2.07. The number of thioether (sulfide) groups is 1. The van der Waals surface area contributed by atoms with E-state index in [0.29, 0.717) is 10.1 Å². The second kappa shape index (κ2) is 7.57. The van der Waals surface area contributed by atoms with Gasteiger partial charge < -0.3 is 4.74 Å². The number of aliphatic imine (C=N–C) groups is 1. The van der Waals surface area contributed by atoms with Crippen molar-refractivity contribution in [3.8, 4) is 5.75 Å². The molecule has 0 bridgehead atoms. The average Bonchev–Trinajstić information content (AvgIpc) is 2.91. The third-order valence-corrected chi connectivity index (χ3v) is 5.05. The molecule has 0 atom stereocenters. The Morgan fingerprint density at radius 2 is 1.80 bits per heavy atom. The Morgan fingerprint density at radius 1 is 1.12 bits per heavy atom. The van der Waals surface area contributed by atoms with Crippen LogP contribution in [0, 0.1) is 0 Å². The van der Waals surface area contributed by atoms with Gasteiger partial charge in [-0.2, -0.15) is 0 Å². The minimum atomic E-state index is -0.0373. The maximum absolute atomic E-state index is 12.5. The predicted molar refractivity (Wildman–Crippen MR) is 104 cm³/mol. The lowest BCUT2D eigenvalue weighted by molar-refractivity contribution is -0.121. The number of carbonyl (C=O) groups is 1. The number of methoxy groups -OCH3 is 1. The van der Waals surface area contributed by atoms with E-state index in [0.717, 1.165) is 23.4 Å². The van der Waals surface area contributed by atoms with E-state index in [1.165, 1.54) is 17.3 Å². The van der Waals surface area contributed by atoms with Crippen molar-refractivity contribution in [1.82, 2.24) is 4.90 Å². The summed E-state index contributed by atoms with van der Waals surface area (Å²) in [5, 5.41) is 0.689. The van der Waals surface area contributed by atoms with Crippen molar-refractivity contribution < 1.29 is 9.53 Å². The molecule has 0 radical (unpaired) electrons. The molecule has 128 valence electrons. The lowest BCUT2D eigenvalue weighted by Crippen LogP contribution is -2.23. The molecule has 1 aliphatic heterocycles. The van der Waals surface area contributed by atoms with Gasteiger partial charge in [0.1, 0.15) is 5.75 Å². The number of aryl methyl sites for hydroxylation is 1. The minimum absolute atomic E-state index is 0.0373. The number of nitrogens with zero attached hydrogens (tertiary/aromatic N) is 2. The van der Waals surface area contributed by atoms with E-state index in [4.69, 9.17) is 4.74 Å². The Balaban J connectivity index is 1.83. The molecule has 4 nitrogen and oxygen atoms in total. The van der Waals surface area contributed by atoms with Crippen LogP contribution in [0.1, 0.15) is 18.1 Å². The molecule has 5 heteroatoms. The van der Waals surface area contributed by atoms with Gasteiger partial charge in [-0.15, -0.1) is 0 Å². The second-order valence-electron chi connectivity index (χ2n) is 5.66. The van der Waals surface area contributed by atoms with Gasteiger partial charge >= 0.3 is 0 Å². The highest BCUT2D eigenvalue weighted by atomic mass is 32.2. The van der Waals surface area contributed by atoms with Gasteiger partial charge in [0.05, 0.1) is 17.7 Å². The average molecular weight is 352 g/mol. The smallest absolute Gasteiger partial charge is 0.266 e. The molecule has 1 saturated heterocycles. The first kappa shape index (κ1) is 17.3. The molecule has 1 amide bonds. The molecule has 0 saturated carbocycles. The molecule has 1 aliphatic rings. The summed E-state index contributed by atoms with van der Waals surface area (Å²) in [5.41, 5.74) is 3.08. The van der Waals surface area contributed by atoms with E-state index in [9.17, 15) is 4.79 Å². The highest BCUT2D eigenvalue weighted by Crippen LogP contribution is 2.33. The third-order valence-electron chi connectivity index (χ3n) is 3.99. The summed E-state index contributed by atoms with van der Waals surface area (Å²) < 4.78 is 5.16. The number of hydrogen-bond acceptors (Lipinski definition) is 4. The molecule has 0 spiro atoms. The summed E-state index contributed by atoms with van der Waals surface area (Å²) in [6.45, 7) is 2.12. The first-order valence-electron chi connectivity index (χ1n) is 8.10. The largest absolute Gasteiger partial charge is 0.497 e. The fraction of sp³-hybridized carbons (Fsp3) is 0.200. The van der Waals surface area contributed by atoms with Gasteiger partial charge in [-0.3, -0.25) is 9.69 Å². The van der Waals surface area contributed by atoms with E-state index >= 15 is 0 Å². The van der Waals surface area contributed by atoms with Gasteiger partial charge in [-0.05, 0) is 59.7 Å². The van der Waals surface area contributed by atoms with Gasteiger partial charge in [0, 0.05) is 7.05 Å². The van der Waals surface area contributed by atoms with Crippen molar-refractivity contribution in [3.63, 3.8) is 0 Å². The quantitative estimate of drug-likeness (QED) is 0.761. The summed E-state index contributed by atoms with van der Waals surface area (Å²) in [7, 11) is 3.39. The molecular weight excluding hydrogens is 332 g/mol. The SMILES string of the molecule is CCc1ccc(N=C2S/C(=C/c3ccc(OC)cc3)C(=O)N2C)cc1. The molecule has 3 rings (SSSR count). The van der Waals surface area contributed by atoms with Gasteiger partial charge in [0.2, 0.25) is 0 Å². The molecule has 1 heterocycles. The zero-order valence-corrected chi connectivity index (χ0v) is 15.3. The Kier molecular flexibility index (Phi) is 5.24. The lowest BCUT2D eigenvalue weighted by atomic mass is 10.2. The van der Waals surface area contributed by atoms with E-state index in [1.807, 2.05) is 42.5 Å². The Labute approximate surface area is 152 Å². The topological polar surface area (TPSA) is 41.9 Å². The number of carbonyl (C=O) groups excluding carboxylic acids is 1. The zero-order chi connectivity index (χ0) is 17.8. The Morgan fingerprint density at radius 3 is 2.40 bits per heavy atom. The van der Waals surface area contributed by atoms with Gasteiger partial charge in [-0.25, -0.2) is 4.99 Å². The van der Waals surface area contributed by atoms with Crippen molar-refractivity contribution in [1.29, 1.82) is 0 Å². The highest BCUT2D eigenvalue weighted by Gasteiger charge is 2.30. The van der Waals surface area contributed by atoms with Crippen LogP contribution in [0.5, 0.6) is 5.75 Å². The van der Waals surface area contributed by atoms with Crippen LogP contribution >= 0.6 is 11.8 Å². The van der Waals surface area contributed by atoms with Crippen molar-refractivity contribution in [2.24, 2.45) is 4.99 Å². The Hall–Kier alpha value is -2.53. The molecule has 0 aromatic heterocycles. The van der Waals surface area contributed by atoms with Crippen molar-refractivity contribution in [2.75, 3.05) is 14.2 Å². The van der Waals surface area contributed by atoms with Gasteiger partial charge in [0.15, 0.2) is 5.17 Å². The number of amides is 1. The summed E-state index contributed by atoms with van der Waals surface area (Å²) >= 11 is 1.39. The maximum Gasteiger partial charge on any atom is 0.266 e. The monoisotopic (exact) mass is 352 g/mol. The molecular formula is C20H20N2O2S. The number of benzene rings is 2. The number of likely N-dealkylation sites (N-methyl/N-ethyl adjacent to an activating group) is 1. The molecule has 2 aromatic rings. The molecule has 25 heavy (non-hydrogen) atoms. The van der Waals surface area contributed by atoms with Crippen LogP contribution in [0.25, 0.3) is 6.08 Å². The first-order valence-corrected chi connectivity index (χ1v) is 8.91. The number of ether oxygens (including phenoxy) is 1. The van der Waals surface area contributed by atoms with Gasteiger partial charge in [0.25, 0.3) is 5.91 Å². The summed E-state index contributed by atoms with van der Waals surface area (Å²) in [6.07, 6.45) is 2.88. The predicted octanol–water partition coefficient (Wildman–Crippen LogP) is 4.49. The van der Waals surface area contributed by atoms with Crippen LogP contribution in [-0.4, -0.2) is 30.1 Å². The van der Waals surface area contributed by atoms with Crippen molar-refractivity contribution >= 4 is 34.6 Å². The number of amidine groups is 1. The highest BCUT2D eigenvalue weighted by molar-refractivity contribution is 8.18. The van der Waals surface area contributed by atoms with Crippen molar-refractivity contribution in [3.05, 3.63) is 64.6 Å². The molecule has 1 fully saturated rings.